The van der Waals surface area contributed by atoms with Crippen molar-refractivity contribution in [1.82, 2.24) is 4.57 Å². The minimum Gasteiger partial charge on any atom is -0.503 e. The maximum Gasteiger partial charge on any atom is 0.293 e. The van der Waals surface area contributed by atoms with E-state index in [0.717, 1.165) is 10.9 Å². The quantitative estimate of drug-likeness (QED) is 0.688. The number of aryl methyl sites for hydroxylation is 1. The molecule has 0 saturated carbocycles. The number of aromatic nitrogens is 1. The van der Waals surface area contributed by atoms with Gasteiger partial charge in [0.05, 0.1) is 5.52 Å². The number of hydrogen-bond donors (Lipinski definition) is 2. The van der Waals surface area contributed by atoms with Crippen LogP contribution in [0.25, 0.3) is 10.9 Å². The van der Waals surface area contributed by atoms with Crippen LogP contribution in [0.4, 0.5) is 5.69 Å². The molecule has 0 radical (unpaired) electrons. The number of benzene rings is 1. The fraction of sp³-hybridized carbons (Fsp3) is 0.182. The van der Waals surface area contributed by atoms with Crippen LogP contribution in [0.15, 0.2) is 29.1 Å². The molecule has 0 bridgehead atoms. The number of pyridine rings is 1. The zero-order valence-corrected chi connectivity index (χ0v) is 8.40. The van der Waals surface area contributed by atoms with Gasteiger partial charge < -0.3 is 15.4 Å². The van der Waals surface area contributed by atoms with Gasteiger partial charge in [0.2, 0.25) is 0 Å². The molecule has 0 atom stereocenters. The van der Waals surface area contributed by atoms with Gasteiger partial charge >= 0.3 is 0 Å². The summed E-state index contributed by atoms with van der Waals surface area (Å²) < 4.78 is 1.52. The summed E-state index contributed by atoms with van der Waals surface area (Å²) in [5.74, 6) is -0.241. The molecule has 1 heterocycles. The molecule has 1 aromatic heterocycles. The molecule has 3 N–H and O–H groups in total. The van der Waals surface area contributed by atoms with E-state index < -0.39 is 0 Å². The first kappa shape index (κ1) is 9.58. The number of fused-ring (bicyclic) bond motifs is 1. The van der Waals surface area contributed by atoms with Gasteiger partial charge in [0, 0.05) is 17.6 Å². The zero-order chi connectivity index (χ0) is 11.0. The second-order valence-electron chi connectivity index (χ2n) is 3.40. The van der Waals surface area contributed by atoms with Crippen molar-refractivity contribution in [3.8, 4) is 5.75 Å². The number of hydrogen-bond acceptors (Lipinski definition) is 3. The molecule has 78 valence electrons. The van der Waals surface area contributed by atoms with E-state index in [4.69, 9.17) is 5.73 Å². The Kier molecular flexibility index (Phi) is 2.11. The van der Waals surface area contributed by atoms with Gasteiger partial charge in [0.25, 0.3) is 5.56 Å². The van der Waals surface area contributed by atoms with E-state index in [9.17, 15) is 9.90 Å². The molecule has 1 aromatic carbocycles. The second kappa shape index (κ2) is 3.31. The van der Waals surface area contributed by atoms with Crippen LogP contribution >= 0.6 is 0 Å². The van der Waals surface area contributed by atoms with E-state index in [2.05, 4.69) is 0 Å². The van der Waals surface area contributed by atoms with Crippen LogP contribution in [0.1, 0.15) is 6.92 Å². The smallest absolute Gasteiger partial charge is 0.293 e. The van der Waals surface area contributed by atoms with E-state index in [1.807, 2.05) is 6.92 Å². The minimum atomic E-state index is -0.366. The number of anilines is 1. The summed E-state index contributed by atoms with van der Waals surface area (Å²) in [7, 11) is 0. The Morgan fingerprint density at radius 2 is 2.13 bits per heavy atom. The van der Waals surface area contributed by atoms with Gasteiger partial charge in [-0.05, 0) is 31.2 Å². The van der Waals surface area contributed by atoms with Crippen LogP contribution in [-0.2, 0) is 6.54 Å². The van der Waals surface area contributed by atoms with Crippen LogP contribution in [0.3, 0.4) is 0 Å². The van der Waals surface area contributed by atoms with Gasteiger partial charge in [0.15, 0.2) is 5.75 Å². The summed E-state index contributed by atoms with van der Waals surface area (Å²) in [6, 6.07) is 6.71. The number of nitrogens with two attached hydrogens (primary N) is 1. The minimum absolute atomic E-state index is 0.241. The summed E-state index contributed by atoms with van der Waals surface area (Å²) in [5, 5.41) is 10.2. The number of nitrogen functional groups attached to an aromatic ring is 1. The van der Waals surface area contributed by atoms with E-state index in [1.165, 1.54) is 10.6 Å². The highest BCUT2D eigenvalue weighted by Crippen LogP contribution is 2.19. The normalized spacial score (nSPS) is 10.7. The highest BCUT2D eigenvalue weighted by Gasteiger charge is 2.06. The highest BCUT2D eigenvalue weighted by molar-refractivity contribution is 5.83. The third-order valence-electron chi connectivity index (χ3n) is 2.42. The topological polar surface area (TPSA) is 68.2 Å². The molecule has 0 aliphatic rings. The summed E-state index contributed by atoms with van der Waals surface area (Å²) in [6.45, 7) is 2.38. The van der Waals surface area contributed by atoms with Gasteiger partial charge in [-0.2, -0.15) is 0 Å². The molecule has 4 nitrogen and oxygen atoms in total. The molecule has 0 saturated heterocycles. The maximum atomic E-state index is 11.6. The van der Waals surface area contributed by atoms with Crippen molar-refractivity contribution in [3.05, 3.63) is 34.6 Å². The Hall–Kier alpha value is -1.97. The molecule has 2 rings (SSSR count). The summed E-state index contributed by atoms with van der Waals surface area (Å²) >= 11 is 0. The lowest BCUT2D eigenvalue weighted by molar-refractivity contribution is 0.461. The third kappa shape index (κ3) is 1.44. The Bertz CT molecular complexity index is 573. The van der Waals surface area contributed by atoms with E-state index in [1.54, 1.807) is 18.2 Å². The van der Waals surface area contributed by atoms with Crippen molar-refractivity contribution >= 4 is 16.6 Å². The lowest BCUT2D eigenvalue weighted by Gasteiger charge is -2.08. The van der Waals surface area contributed by atoms with E-state index in [-0.39, 0.29) is 11.3 Å². The zero-order valence-electron chi connectivity index (χ0n) is 8.40. The van der Waals surface area contributed by atoms with Crippen molar-refractivity contribution in [1.29, 1.82) is 0 Å². The summed E-state index contributed by atoms with van der Waals surface area (Å²) in [6.07, 6.45) is 0. The molecule has 0 amide bonds. The van der Waals surface area contributed by atoms with E-state index in [0.29, 0.717) is 12.2 Å². The van der Waals surface area contributed by atoms with Crippen molar-refractivity contribution in [2.45, 2.75) is 13.5 Å². The van der Waals surface area contributed by atoms with Crippen molar-refractivity contribution in [3.63, 3.8) is 0 Å². The van der Waals surface area contributed by atoms with Gasteiger partial charge in [-0.1, -0.05) is 0 Å². The van der Waals surface area contributed by atoms with E-state index >= 15 is 0 Å². The van der Waals surface area contributed by atoms with Crippen molar-refractivity contribution in [2.24, 2.45) is 0 Å². The largest absolute Gasteiger partial charge is 0.503 e. The lowest BCUT2D eigenvalue weighted by Crippen LogP contribution is -2.18. The average molecular weight is 204 g/mol. The molecule has 0 spiro atoms. The molecular formula is C11H12N2O2. The first-order chi connectivity index (χ1) is 7.13. The Morgan fingerprint density at radius 1 is 1.40 bits per heavy atom. The highest BCUT2D eigenvalue weighted by atomic mass is 16.3. The van der Waals surface area contributed by atoms with Crippen LogP contribution < -0.4 is 11.3 Å². The number of aromatic hydroxyl groups is 1. The van der Waals surface area contributed by atoms with Crippen LogP contribution in [0.5, 0.6) is 5.75 Å². The van der Waals surface area contributed by atoms with Gasteiger partial charge in [-0.15, -0.1) is 0 Å². The predicted octanol–water partition coefficient (Wildman–Crippen LogP) is 1.31. The number of rotatable bonds is 1. The number of nitrogens with zero attached hydrogens (tertiary/aromatic N) is 1. The predicted molar refractivity (Wildman–Crippen MR) is 60.0 cm³/mol. The third-order valence-corrected chi connectivity index (χ3v) is 2.42. The molecule has 0 aliphatic carbocycles. The van der Waals surface area contributed by atoms with Gasteiger partial charge in [-0.3, -0.25) is 4.79 Å². The molecular weight excluding hydrogens is 192 g/mol. The molecule has 15 heavy (non-hydrogen) atoms. The fourth-order valence-electron chi connectivity index (χ4n) is 1.71. The molecule has 2 aromatic rings. The standard InChI is InChI=1S/C11H12N2O2/c1-2-13-9-4-3-8(12)5-7(9)6-10(14)11(13)15/h3-6,14H,2,12H2,1H3. The summed E-state index contributed by atoms with van der Waals surface area (Å²) in [5.41, 5.74) is 6.67. The van der Waals surface area contributed by atoms with Gasteiger partial charge in [-0.25, -0.2) is 0 Å². The fourth-order valence-corrected chi connectivity index (χ4v) is 1.71. The molecule has 0 fully saturated rings. The molecule has 4 heteroatoms. The van der Waals surface area contributed by atoms with Crippen LogP contribution in [0.2, 0.25) is 0 Å². The van der Waals surface area contributed by atoms with Gasteiger partial charge in [0.1, 0.15) is 0 Å². The SMILES string of the molecule is CCn1c(=O)c(O)cc2cc(N)ccc21. The molecule has 0 unspecified atom stereocenters. The van der Waals surface area contributed by atoms with Crippen LogP contribution in [-0.4, -0.2) is 9.67 Å². The Balaban J connectivity index is 2.94. The first-order valence-corrected chi connectivity index (χ1v) is 4.75. The van der Waals surface area contributed by atoms with Crippen molar-refractivity contribution < 1.29 is 5.11 Å². The second-order valence-corrected chi connectivity index (χ2v) is 3.40. The monoisotopic (exact) mass is 204 g/mol. The molecule has 0 aliphatic heterocycles. The lowest BCUT2D eigenvalue weighted by atomic mass is 10.2. The Labute approximate surface area is 86.6 Å². The van der Waals surface area contributed by atoms with Crippen molar-refractivity contribution in [2.75, 3.05) is 5.73 Å². The van der Waals surface area contributed by atoms with Crippen LogP contribution in [0, 0.1) is 0 Å². The first-order valence-electron chi connectivity index (χ1n) is 4.75. The average Bonchev–Trinajstić information content (AvgIpc) is 2.20. The summed E-state index contributed by atoms with van der Waals surface area (Å²) in [4.78, 5) is 11.6. The Morgan fingerprint density at radius 3 is 2.80 bits per heavy atom. The maximum absolute atomic E-state index is 11.6.